The Morgan fingerprint density at radius 3 is 2.85 bits per heavy atom. The first-order chi connectivity index (χ1) is 13.1. The largest absolute Gasteiger partial charge is 0.488 e. The van der Waals surface area contributed by atoms with E-state index in [4.69, 9.17) is 26.0 Å². The van der Waals surface area contributed by atoms with Crippen LogP contribution < -0.4 is 16.2 Å². The average Bonchev–Trinajstić information content (AvgIpc) is 3.15. The second-order valence-electron chi connectivity index (χ2n) is 5.92. The number of nitrogens with zero attached hydrogens (tertiary/aromatic N) is 4. The molecule has 2 aromatic heterocycles. The monoisotopic (exact) mass is 364 g/mol. The van der Waals surface area contributed by atoms with Gasteiger partial charge in [0.25, 0.3) is 0 Å². The van der Waals surface area contributed by atoms with E-state index >= 15 is 0 Å². The Morgan fingerprint density at radius 2 is 2.07 bits per heavy atom. The van der Waals surface area contributed by atoms with E-state index in [0.29, 0.717) is 48.6 Å². The van der Waals surface area contributed by atoms with E-state index in [0.717, 1.165) is 11.3 Å². The summed E-state index contributed by atoms with van der Waals surface area (Å²) >= 11 is 0. The zero-order valence-electron chi connectivity index (χ0n) is 15.0. The molecule has 0 bridgehead atoms. The smallest absolute Gasteiger partial charge is 0.222 e. The van der Waals surface area contributed by atoms with Crippen LogP contribution in [0.5, 0.6) is 5.75 Å². The number of hydrogen-bond donors (Lipinski definition) is 2. The minimum absolute atomic E-state index is 0.145. The number of hydrogen-bond acceptors (Lipinski definition) is 8. The topological polar surface area (TPSA) is 137 Å². The maximum Gasteiger partial charge on any atom is 0.222 e. The van der Waals surface area contributed by atoms with E-state index in [1.54, 1.807) is 12.1 Å². The first-order valence-electron chi connectivity index (χ1n) is 8.61. The molecule has 3 aromatic rings. The number of anilines is 2. The quantitative estimate of drug-likeness (QED) is 0.610. The van der Waals surface area contributed by atoms with E-state index in [2.05, 4.69) is 21.2 Å². The molecule has 8 heteroatoms. The highest BCUT2D eigenvalue weighted by molar-refractivity contribution is 5.61. The molecule has 0 aliphatic rings. The van der Waals surface area contributed by atoms with Gasteiger partial charge in [0.1, 0.15) is 11.5 Å². The minimum Gasteiger partial charge on any atom is -0.488 e. The zero-order chi connectivity index (χ0) is 19.2. The summed E-state index contributed by atoms with van der Waals surface area (Å²) in [7, 11) is 0. The first kappa shape index (κ1) is 18.2. The lowest BCUT2D eigenvalue weighted by molar-refractivity contribution is 0.297. The molecule has 0 amide bonds. The van der Waals surface area contributed by atoms with Crippen molar-refractivity contribution in [3.8, 4) is 23.1 Å². The summed E-state index contributed by atoms with van der Waals surface area (Å²) in [6.07, 6.45) is 2.02. The summed E-state index contributed by atoms with van der Waals surface area (Å²) in [6.45, 7) is 2.38. The molecule has 2 heterocycles. The van der Waals surface area contributed by atoms with Crippen LogP contribution >= 0.6 is 0 Å². The summed E-state index contributed by atoms with van der Waals surface area (Å²) in [5.41, 5.74) is 14.3. The molecule has 1 aromatic carbocycles. The molecule has 0 atom stereocenters. The van der Waals surface area contributed by atoms with Crippen LogP contribution in [0.3, 0.4) is 0 Å². The predicted octanol–water partition coefficient (Wildman–Crippen LogP) is 2.74. The second-order valence-corrected chi connectivity index (χ2v) is 5.92. The van der Waals surface area contributed by atoms with Crippen LogP contribution in [0.4, 0.5) is 11.8 Å². The minimum atomic E-state index is 0.145. The molecule has 0 aliphatic heterocycles. The fourth-order valence-corrected chi connectivity index (χ4v) is 2.67. The van der Waals surface area contributed by atoms with Crippen molar-refractivity contribution in [1.29, 1.82) is 5.26 Å². The number of ether oxygens (including phenoxy) is 1. The molecule has 0 saturated carbocycles. The highest BCUT2D eigenvalue weighted by Crippen LogP contribution is 2.25. The zero-order valence-corrected chi connectivity index (χ0v) is 15.0. The molecule has 0 fully saturated rings. The van der Waals surface area contributed by atoms with Crippen molar-refractivity contribution in [1.82, 2.24) is 15.1 Å². The summed E-state index contributed by atoms with van der Waals surface area (Å²) in [6, 6.07) is 11.2. The van der Waals surface area contributed by atoms with Crippen molar-refractivity contribution in [2.24, 2.45) is 0 Å². The van der Waals surface area contributed by atoms with Crippen LogP contribution in [0.15, 0.2) is 34.9 Å². The molecule has 0 aliphatic carbocycles. The van der Waals surface area contributed by atoms with Crippen LogP contribution in [-0.2, 0) is 12.8 Å². The molecule has 4 N–H and O–H groups in total. The third-order valence-electron chi connectivity index (χ3n) is 3.97. The van der Waals surface area contributed by atoms with Crippen molar-refractivity contribution in [3.63, 3.8) is 0 Å². The van der Waals surface area contributed by atoms with Crippen molar-refractivity contribution >= 4 is 11.8 Å². The second kappa shape index (κ2) is 8.19. The SMILES string of the molecule is CCc1nc(N)nc(N)c1OCCCc1cc(-c2cccc(C#N)c2)no1. The molecule has 3 rings (SSSR count). The van der Waals surface area contributed by atoms with Gasteiger partial charge in [0.05, 0.1) is 23.9 Å². The number of rotatable bonds is 7. The molecule has 8 nitrogen and oxygen atoms in total. The van der Waals surface area contributed by atoms with Crippen molar-refractivity contribution in [2.75, 3.05) is 18.1 Å². The highest BCUT2D eigenvalue weighted by atomic mass is 16.5. The Morgan fingerprint density at radius 1 is 1.22 bits per heavy atom. The van der Waals surface area contributed by atoms with Gasteiger partial charge in [-0.25, -0.2) is 4.98 Å². The Labute approximate surface area is 156 Å². The van der Waals surface area contributed by atoms with Crippen molar-refractivity contribution < 1.29 is 9.26 Å². The average molecular weight is 364 g/mol. The van der Waals surface area contributed by atoms with Crippen LogP contribution in [0.1, 0.15) is 30.4 Å². The number of aryl methyl sites for hydroxylation is 2. The lowest BCUT2D eigenvalue weighted by Gasteiger charge is -2.11. The fourth-order valence-electron chi connectivity index (χ4n) is 2.67. The molecule has 0 saturated heterocycles. The standard InChI is InChI=1S/C19H20N6O2/c1-2-15-17(18(21)24-19(22)23-15)26-8-4-7-14-10-16(25-27-14)13-6-3-5-12(9-13)11-20/h3,5-6,9-10H,2,4,7-8H2,1H3,(H4,21,22,23,24). The number of nitrogens with two attached hydrogens (primary N) is 2. The normalized spacial score (nSPS) is 10.5. The fraction of sp³-hybridized carbons (Fsp3) is 0.263. The third-order valence-corrected chi connectivity index (χ3v) is 3.97. The molecule has 27 heavy (non-hydrogen) atoms. The van der Waals surface area contributed by atoms with Crippen molar-refractivity contribution in [3.05, 3.63) is 47.3 Å². The van der Waals surface area contributed by atoms with E-state index in [9.17, 15) is 0 Å². The summed E-state index contributed by atoms with van der Waals surface area (Å²) in [5.74, 6) is 1.62. The summed E-state index contributed by atoms with van der Waals surface area (Å²) in [4.78, 5) is 8.09. The lowest BCUT2D eigenvalue weighted by Crippen LogP contribution is -2.09. The lowest BCUT2D eigenvalue weighted by atomic mass is 10.1. The Hall–Kier alpha value is -3.60. The molecule has 0 unspecified atom stereocenters. The first-order valence-corrected chi connectivity index (χ1v) is 8.61. The molecule has 0 radical (unpaired) electrons. The van der Waals surface area contributed by atoms with Gasteiger partial charge < -0.3 is 20.7 Å². The van der Waals surface area contributed by atoms with Crippen molar-refractivity contribution in [2.45, 2.75) is 26.2 Å². The van der Waals surface area contributed by atoms with E-state index in [1.165, 1.54) is 0 Å². The molecule has 138 valence electrons. The van der Waals surface area contributed by atoms with Gasteiger partial charge in [-0.3, -0.25) is 0 Å². The number of benzene rings is 1. The van der Waals surface area contributed by atoms with E-state index < -0.39 is 0 Å². The Bertz CT molecular complexity index is 977. The van der Waals surface area contributed by atoms with Gasteiger partial charge in [-0.15, -0.1) is 0 Å². The van der Waals surface area contributed by atoms with Crippen LogP contribution in [0.25, 0.3) is 11.3 Å². The highest BCUT2D eigenvalue weighted by Gasteiger charge is 2.12. The summed E-state index contributed by atoms with van der Waals surface area (Å²) in [5, 5.41) is 13.1. The molecular weight excluding hydrogens is 344 g/mol. The molecular formula is C19H20N6O2. The molecule has 0 spiro atoms. The van der Waals surface area contributed by atoms with Gasteiger partial charge >= 0.3 is 0 Å². The van der Waals surface area contributed by atoms with Gasteiger partial charge in [0.2, 0.25) is 5.95 Å². The van der Waals surface area contributed by atoms with Crippen LogP contribution in [0.2, 0.25) is 0 Å². The van der Waals surface area contributed by atoms with Gasteiger partial charge in [-0.2, -0.15) is 10.2 Å². The predicted molar refractivity (Wildman–Crippen MR) is 101 cm³/mol. The van der Waals surface area contributed by atoms with Crippen LogP contribution in [-0.4, -0.2) is 21.7 Å². The number of aromatic nitrogens is 3. The van der Waals surface area contributed by atoms with Crippen LogP contribution in [0, 0.1) is 11.3 Å². The number of nitriles is 1. The van der Waals surface area contributed by atoms with Gasteiger partial charge in [-0.05, 0) is 25.0 Å². The Kier molecular flexibility index (Phi) is 5.52. The maximum atomic E-state index is 8.99. The third kappa shape index (κ3) is 4.33. The van der Waals surface area contributed by atoms with Gasteiger partial charge in [0, 0.05) is 18.1 Å². The Balaban J connectivity index is 1.58. The maximum absolute atomic E-state index is 8.99. The van der Waals surface area contributed by atoms with Gasteiger partial charge in [0.15, 0.2) is 11.6 Å². The number of nitrogen functional groups attached to an aromatic ring is 2. The van der Waals surface area contributed by atoms with E-state index in [1.807, 2.05) is 25.1 Å². The van der Waals surface area contributed by atoms with Gasteiger partial charge in [-0.1, -0.05) is 24.2 Å². The summed E-state index contributed by atoms with van der Waals surface area (Å²) < 4.78 is 11.1. The van der Waals surface area contributed by atoms with E-state index in [-0.39, 0.29) is 11.8 Å².